The lowest BCUT2D eigenvalue weighted by atomic mass is 10.2. The number of aromatic nitrogens is 1. The first-order chi connectivity index (χ1) is 9.34. The summed E-state index contributed by atoms with van der Waals surface area (Å²) >= 11 is 3.61. The summed E-state index contributed by atoms with van der Waals surface area (Å²) in [6, 6.07) is 18.7. The minimum absolute atomic E-state index is 0.912. The molecule has 0 spiro atoms. The highest BCUT2D eigenvalue weighted by atomic mass is 79.9. The molecule has 0 saturated carbocycles. The predicted molar refractivity (Wildman–Crippen MR) is 84.6 cm³/mol. The number of benzene rings is 2. The van der Waals surface area contributed by atoms with E-state index in [1.165, 1.54) is 10.9 Å². The number of halogens is 1. The largest absolute Gasteiger partial charge is 0.383 e. The Balaban J connectivity index is 1.72. The van der Waals surface area contributed by atoms with E-state index in [0.29, 0.717) is 0 Å². The van der Waals surface area contributed by atoms with Crippen LogP contribution in [0.2, 0.25) is 0 Å². The zero-order valence-electron chi connectivity index (χ0n) is 10.5. The zero-order valence-corrected chi connectivity index (χ0v) is 12.1. The Morgan fingerprint density at radius 3 is 2.53 bits per heavy atom. The minimum Gasteiger partial charge on any atom is -0.383 e. The third kappa shape index (κ3) is 2.66. The van der Waals surface area contributed by atoms with E-state index in [2.05, 4.69) is 68.4 Å². The van der Waals surface area contributed by atoms with E-state index in [4.69, 9.17) is 0 Å². The van der Waals surface area contributed by atoms with E-state index in [-0.39, 0.29) is 0 Å². The van der Waals surface area contributed by atoms with Crippen LogP contribution in [0.15, 0.2) is 65.3 Å². The van der Waals surface area contributed by atoms with Crippen molar-refractivity contribution in [2.45, 2.75) is 6.54 Å². The highest BCUT2D eigenvalue weighted by Crippen LogP contribution is 2.25. The monoisotopic (exact) mass is 314 g/mol. The van der Waals surface area contributed by atoms with Crippen LogP contribution in [0.5, 0.6) is 0 Å². The van der Waals surface area contributed by atoms with Gasteiger partial charge in [0.2, 0.25) is 0 Å². The maximum absolute atomic E-state index is 3.61. The van der Waals surface area contributed by atoms with Crippen molar-refractivity contribution in [3.63, 3.8) is 0 Å². The Bertz CT molecular complexity index is 674. The lowest BCUT2D eigenvalue weighted by Gasteiger charge is -2.08. The molecule has 0 amide bonds. The number of hydrogen-bond donors (Lipinski definition) is 1. The second-order valence-electron chi connectivity index (χ2n) is 4.48. The minimum atomic E-state index is 0.912. The van der Waals surface area contributed by atoms with Crippen molar-refractivity contribution < 1.29 is 0 Å². The van der Waals surface area contributed by atoms with Crippen LogP contribution in [0.25, 0.3) is 10.9 Å². The maximum atomic E-state index is 3.61. The summed E-state index contributed by atoms with van der Waals surface area (Å²) < 4.78 is 3.43. The summed E-state index contributed by atoms with van der Waals surface area (Å²) in [7, 11) is 0. The van der Waals surface area contributed by atoms with Gasteiger partial charge in [0.15, 0.2) is 0 Å². The van der Waals surface area contributed by atoms with Crippen LogP contribution >= 0.6 is 15.9 Å². The summed E-state index contributed by atoms with van der Waals surface area (Å²) in [6.45, 7) is 1.86. The molecule has 2 nitrogen and oxygen atoms in total. The quantitative estimate of drug-likeness (QED) is 0.749. The van der Waals surface area contributed by atoms with Crippen molar-refractivity contribution in [3.05, 3.63) is 65.3 Å². The SMILES string of the molecule is Brc1cn(CCNc2ccccc2)c2ccccc12. The van der Waals surface area contributed by atoms with E-state index >= 15 is 0 Å². The van der Waals surface area contributed by atoms with Crippen molar-refractivity contribution >= 4 is 32.5 Å². The summed E-state index contributed by atoms with van der Waals surface area (Å²) in [5.74, 6) is 0. The predicted octanol–water partition coefficient (Wildman–Crippen LogP) is 4.52. The van der Waals surface area contributed by atoms with Gasteiger partial charge in [-0.3, -0.25) is 0 Å². The second kappa shape index (κ2) is 5.49. The molecule has 0 fully saturated rings. The van der Waals surface area contributed by atoms with E-state index in [1.807, 2.05) is 18.2 Å². The Labute approximate surface area is 121 Å². The molecule has 0 aliphatic carbocycles. The van der Waals surface area contributed by atoms with E-state index in [9.17, 15) is 0 Å². The molecule has 0 unspecified atom stereocenters. The normalized spacial score (nSPS) is 10.8. The molecule has 1 heterocycles. The summed E-state index contributed by atoms with van der Waals surface area (Å²) in [4.78, 5) is 0. The molecule has 0 bridgehead atoms. The first-order valence-corrected chi connectivity index (χ1v) is 7.16. The van der Waals surface area contributed by atoms with Gasteiger partial charge in [0.25, 0.3) is 0 Å². The fraction of sp³-hybridized carbons (Fsp3) is 0.125. The van der Waals surface area contributed by atoms with Gasteiger partial charge in [0.1, 0.15) is 0 Å². The maximum Gasteiger partial charge on any atom is 0.0492 e. The summed E-state index contributed by atoms with van der Waals surface area (Å²) in [5.41, 5.74) is 2.43. The molecule has 19 heavy (non-hydrogen) atoms. The molecule has 0 atom stereocenters. The van der Waals surface area contributed by atoms with Crippen LogP contribution in [0.3, 0.4) is 0 Å². The number of fused-ring (bicyclic) bond motifs is 1. The first-order valence-electron chi connectivity index (χ1n) is 6.37. The zero-order chi connectivity index (χ0) is 13.1. The van der Waals surface area contributed by atoms with E-state index in [0.717, 1.165) is 23.2 Å². The average molecular weight is 315 g/mol. The van der Waals surface area contributed by atoms with Crippen LogP contribution in [-0.4, -0.2) is 11.1 Å². The van der Waals surface area contributed by atoms with Crippen LogP contribution in [0, 0.1) is 0 Å². The topological polar surface area (TPSA) is 17.0 Å². The average Bonchev–Trinajstić information content (AvgIpc) is 2.78. The number of nitrogens with zero attached hydrogens (tertiary/aromatic N) is 1. The van der Waals surface area contributed by atoms with Crippen molar-refractivity contribution in [1.29, 1.82) is 0 Å². The Hall–Kier alpha value is -1.74. The fourth-order valence-electron chi connectivity index (χ4n) is 2.26. The number of para-hydroxylation sites is 2. The molecule has 96 valence electrons. The molecule has 2 aromatic carbocycles. The molecular weight excluding hydrogens is 300 g/mol. The van der Waals surface area contributed by atoms with E-state index in [1.54, 1.807) is 0 Å². The van der Waals surface area contributed by atoms with Gasteiger partial charge < -0.3 is 9.88 Å². The molecule has 0 aliphatic rings. The Morgan fingerprint density at radius 2 is 1.68 bits per heavy atom. The van der Waals surface area contributed by atoms with Crippen molar-refractivity contribution in [1.82, 2.24) is 4.57 Å². The lowest BCUT2D eigenvalue weighted by molar-refractivity contribution is 0.756. The van der Waals surface area contributed by atoms with Gasteiger partial charge in [-0.25, -0.2) is 0 Å². The smallest absolute Gasteiger partial charge is 0.0492 e. The summed E-state index contributed by atoms with van der Waals surface area (Å²) in [5, 5.41) is 4.70. The lowest BCUT2D eigenvalue weighted by Crippen LogP contribution is -2.09. The van der Waals surface area contributed by atoms with Crippen LogP contribution in [0.4, 0.5) is 5.69 Å². The van der Waals surface area contributed by atoms with Crippen molar-refractivity contribution in [3.8, 4) is 0 Å². The van der Waals surface area contributed by atoms with Gasteiger partial charge in [-0.1, -0.05) is 36.4 Å². The molecule has 1 N–H and O–H groups in total. The third-order valence-electron chi connectivity index (χ3n) is 3.20. The van der Waals surface area contributed by atoms with Gasteiger partial charge in [0.05, 0.1) is 0 Å². The van der Waals surface area contributed by atoms with Crippen molar-refractivity contribution in [2.75, 3.05) is 11.9 Å². The molecule has 3 rings (SSSR count). The molecule has 3 heteroatoms. The van der Waals surface area contributed by atoms with Crippen LogP contribution in [-0.2, 0) is 6.54 Å². The Morgan fingerprint density at radius 1 is 0.947 bits per heavy atom. The number of nitrogens with one attached hydrogen (secondary N) is 1. The molecule has 0 radical (unpaired) electrons. The van der Waals surface area contributed by atoms with Gasteiger partial charge in [-0.15, -0.1) is 0 Å². The number of hydrogen-bond acceptors (Lipinski definition) is 1. The van der Waals surface area contributed by atoms with Gasteiger partial charge in [0, 0.05) is 40.3 Å². The fourth-order valence-corrected chi connectivity index (χ4v) is 2.85. The third-order valence-corrected chi connectivity index (χ3v) is 3.83. The highest BCUT2D eigenvalue weighted by Gasteiger charge is 2.04. The van der Waals surface area contributed by atoms with E-state index < -0.39 is 0 Å². The van der Waals surface area contributed by atoms with Gasteiger partial charge in [-0.05, 0) is 34.1 Å². The molecule has 3 aromatic rings. The van der Waals surface area contributed by atoms with Gasteiger partial charge >= 0.3 is 0 Å². The van der Waals surface area contributed by atoms with Crippen LogP contribution < -0.4 is 5.32 Å². The summed E-state index contributed by atoms with van der Waals surface area (Å²) in [6.07, 6.45) is 2.15. The number of rotatable bonds is 4. The highest BCUT2D eigenvalue weighted by molar-refractivity contribution is 9.10. The van der Waals surface area contributed by atoms with Crippen molar-refractivity contribution in [2.24, 2.45) is 0 Å². The standard InChI is InChI=1S/C16H15BrN2/c17-15-12-19(16-9-5-4-8-14(15)16)11-10-18-13-6-2-1-3-7-13/h1-9,12,18H,10-11H2. The second-order valence-corrected chi connectivity index (χ2v) is 5.33. The molecule has 0 aliphatic heterocycles. The molecule has 0 saturated heterocycles. The molecular formula is C16H15BrN2. The first kappa shape index (κ1) is 12.3. The molecule has 1 aromatic heterocycles. The number of anilines is 1. The van der Waals surface area contributed by atoms with Crippen LogP contribution in [0.1, 0.15) is 0 Å². The Kier molecular flexibility index (Phi) is 3.56. The van der Waals surface area contributed by atoms with Gasteiger partial charge in [-0.2, -0.15) is 0 Å².